The van der Waals surface area contributed by atoms with E-state index in [0.29, 0.717) is 23.6 Å². The van der Waals surface area contributed by atoms with Crippen LogP contribution in [0.2, 0.25) is 0 Å². The molecule has 0 aliphatic heterocycles. The van der Waals surface area contributed by atoms with Gasteiger partial charge in [0.05, 0.1) is 44.0 Å². The molecular weight excluding hydrogens is 313 g/mol. The lowest BCUT2D eigenvalue weighted by Crippen LogP contribution is -2.24. The number of nitrogens with zero attached hydrogens (tertiary/aromatic N) is 2. The average Bonchev–Trinajstić information content (AvgIpc) is 3.03. The molecule has 0 aromatic carbocycles. The van der Waals surface area contributed by atoms with Crippen LogP contribution >= 0.6 is 0 Å². The van der Waals surface area contributed by atoms with Gasteiger partial charge in [-0.15, -0.1) is 0 Å². The van der Waals surface area contributed by atoms with Gasteiger partial charge in [-0.1, -0.05) is 6.92 Å². The summed E-state index contributed by atoms with van der Waals surface area (Å²) in [5, 5.41) is 27.2. The topological polar surface area (TPSA) is 91.4 Å². The lowest BCUT2D eigenvalue weighted by molar-refractivity contribution is 0.0812. The van der Waals surface area contributed by atoms with E-state index in [0.717, 1.165) is 6.20 Å². The third-order valence-electron chi connectivity index (χ3n) is 3.89. The monoisotopic (exact) mass is 335 g/mol. The highest BCUT2D eigenvalue weighted by atomic mass is 19.1. The van der Waals surface area contributed by atoms with E-state index in [1.807, 2.05) is 6.92 Å². The second-order valence-corrected chi connectivity index (χ2v) is 5.51. The first-order valence-electron chi connectivity index (χ1n) is 7.74. The van der Waals surface area contributed by atoms with Gasteiger partial charge in [-0.2, -0.15) is 0 Å². The number of nitrogens with one attached hydrogen (secondary N) is 1. The quantitative estimate of drug-likeness (QED) is 0.643. The third kappa shape index (κ3) is 3.80. The molecule has 0 radical (unpaired) electrons. The van der Waals surface area contributed by atoms with E-state index in [-0.39, 0.29) is 18.9 Å². The van der Waals surface area contributed by atoms with E-state index in [1.54, 1.807) is 22.9 Å². The molecule has 0 unspecified atom stereocenters. The van der Waals surface area contributed by atoms with Crippen molar-refractivity contribution < 1.29 is 19.3 Å². The summed E-state index contributed by atoms with van der Waals surface area (Å²) in [7, 11) is 1.46. The molecule has 2 heterocycles. The van der Waals surface area contributed by atoms with Gasteiger partial charge in [0.1, 0.15) is 5.82 Å². The van der Waals surface area contributed by atoms with Crippen molar-refractivity contribution >= 4 is 5.71 Å². The molecule has 7 heteroatoms. The van der Waals surface area contributed by atoms with Gasteiger partial charge in [-0.3, -0.25) is 0 Å². The number of hydrogen-bond acceptors (Lipinski definition) is 5. The molecule has 2 rings (SSSR count). The number of aliphatic hydroxyl groups is 2. The van der Waals surface area contributed by atoms with E-state index in [4.69, 9.17) is 15.3 Å². The van der Waals surface area contributed by atoms with Gasteiger partial charge >= 0.3 is 0 Å². The highest BCUT2D eigenvalue weighted by molar-refractivity contribution is 6.02. The Hall–Kier alpha value is -2.25. The fourth-order valence-corrected chi connectivity index (χ4v) is 2.72. The van der Waals surface area contributed by atoms with Crippen molar-refractivity contribution in [2.24, 2.45) is 0 Å². The first kappa shape index (κ1) is 18.1. The summed E-state index contributed by atoms with van der Waals surface area (Å²) in [5.74, 6) is -0.590. The number of ether oxygens (including phenoxy) is 1. The van der Waals surface area contributed by atoms with E-state index < -0.39 is 17.8 Å². The second kappa shape index (κ2) is 8.03. The van der Waals surface area contributed by atoms with Crippen molar-refractivity contribution in [1.82, 2.24) is 9.55 Å². The maximum atomic E-state index is 13.6. The average molecular weight is 335 g/mol. The molecule has 0 spiro atoms. The standard InChI is InChI=1S/C17H22FN3O3/c1-3-13(14-7-11(18)8-20-17(14)24-2)16(19)15-5-4-6-21(15)9-12(23)10-22/h4-8,12-13,19,22-23H,3,9-10H2,1-2H3/t12-,13+/m0/s1. The summed E-state index contributed by atoms with van der Waals surface area (Å²) >= 11 is 0. The fraction of sp³-hybridized carbons (Fsp3) is 0.412. The van der Waals surface area contributed by atoms with Crippen LogP contribution in [0.15, 0.2) is 30.6 Å². The van der Waals surface area contributed by atoms with Crippen molar-refractivity contribution in [3.63, 3.8) is 0 Å². The Morgan fingerprint density at radius 3 is 2.88 bits per heavy atom. The SMILES string of the molecule is CC[C@@H](C(=N)c1cccn1C[C@H](O)CO)c1cc(F)cnc1OC. The Balaban J connectivity index is 2.37. The van der Waals surface area contributed by atoms with Crippen molar-refractivity contribution in [2.75, 3.05) is 13.7 Å². The van der Waals surface area contributed by atoms with Crippen LogP contribution in [0.4, 0.5) is 4.39 Å². The number of methoxy groups -OCH3 is 1. The van der Waals surface area contributed by atoms with Crippen molar-refractivity contribution in [1.29, 1.82) is 5.41 Å². The summed E-state index contributed by atoms with van der Waals surface area (Å²) in [6.45, 7) is 1.72. The first-order chi connectivity index (χ1) is 11.5. The normalized spacial score (nSPS) is 13.5. The van der Waals surface area contributed by atoms with Gasteiger partial charge in [-0.05, 0) is 24.6 Å². The maximum absolute atomic E-state index is 13.6. The third-order valence-corrected chi connectivity index (χ3v) is 3.89. The van der Waals surface area contributed by atoms with Crippen molar-refractivity contribution in [3.05, 3.63) is 47.7 Å². The van der Waals surface area contributed by atoms with Gasteiger partial charge in [0, 0.05) is 17.7 Å². The van der Waals surface area contributed by atoms with Crippen LogP contribution < -0.4 is 4.74 Å². The van der Waals surface area contributed by atoms with Crippen molar-refractivity contribution in [2.45, 2.75) is 31.9 Å². The Labute approximate surface area is 140 Å². The van der Waals surface area contributed by atoms with Crippen LogP contribution in [0.3, 0.4) is 0 Å². The van der Waals surface area contributed by atoms with Gasteiger partial charge in [0.15, 0.2) is 0 Å². The highest BCUT2D eigenvalue weighted by Gasteiger charge is 2.24. The minimum absolute atomic E-state index is 0.177. The lowest BCUT2D eigenvalue weighted by atomic mass is 9.90. The van der Waals surface area contributed by atoms with Gasteiger partial charge in [0.2, 0.25) is 5.88 Å². The maximum Gasteiger partial charge on any atom is 0.217 e. The summed E-state index contributed by atoms with van der Waals surface area (Å²) in [4.78, 5) is 3.94. The minimum Gasteiger partial charge on any atom is -0.481 e. The molecule has 3 N–H and O–H groups in total. The van der Waals surface area contributed by atoms with Crippen LogP contribution in [0, 0.1) is 11.2 Å². The number of halogens is 1. The van der Waals surface area contributed by atoms with E-state index in [2.05, 4.69) is 4.98 Å². The summed E-state index contributed by atoms with van der Waals surface area (Å²) < 4.78 is 20.5. The Bertz CT molecular complexity index is 702. The second-order valence-electron chi connectivity index (χ2n) is 5.51. The number of hydrogen-bond donors (Lipinski definition) is 3. The molecule has 24 heavy (non-hydrogen) atoms. The van der Waals surface area contributed by atoms with Crippen molar-refractivity contribution in [3.8, 4) is 5.88 Å². The number of rotatable bonds is 8. The van der Waals surface area contributed by atoms with E-state index in [9.17, 15) is 9.50 Å². The molecule has 0 amide bonds. The van der Waals surface area contributed by atoms with Crippen LogP contribution in [0.5, 0.6) is 5.88 Å². The molecule has 0 saturated carbocycles. The molecule has 2 atom stereocenters. The molecular formula is C17H22FN3O3. The minimum atomic E-state index is -0.908. The molecule has 0 saturated heterocycles. The molecule has 130 valence electrons. The lowest BCUT2D eigenvalue weighted by Gasteiger charge is -2.21. The highest BCUT2D eigenvalue weighted by Crippen LogP contribution is 2.31. The van der Waals surface area contributed by atoms with Crippen LogP contribution in [0.25, 0.3) is 0 Å². The summed E-state index contributed by atoms with van der Waals surface area (Å²) in [6, 6.07) is 4.86. The molecule has 2 aromatic heterocycles. The van der Waals surface area contributed by atoms with Crippen LogP contribution in [-0.2, 0) is 6.54 Å². The Morgan fingerprint density at radius 2 is 2.25 bits per heavy atom. The van der Waals surface area contributed by atoms with Gasteiger partial charge in [0.25, 0.3) is 0 Å². The van der Waals surface area contributed by atoms with E-state index >= 15 is 0 Å². The molecule has 0 fully saturated rings. The number of aliphatic hydroxyl groups excluding tert-OH is 2. The molecule has 2 aromatic rings. The molecule has 6 nitrogen and oxygen atoms in total. The smallest absolute Gasteiger partial charge is 0.217 e. The molecule has 0 aliphatic carbocycles. The molecule has 0 bridgehead atoms. The largest absolute Gasteiger partial charge is 0.481 e. The van der Waals surface area contributed by atoms with Gasteiger partial charge in [-0.25, -0.2) is 9.37 Å². The van der Waals surface area contributed by atoms with Crippen LogP contribution in [-0.4, -0.2) is 45.3 Å². The first-order valence-corrected chi connectivity index (χ1v) is 7.74. The fourth-order valence-electron chi connectivity index (χ4n) is 2.72. The van der Waals surface area contributed by atoms with Crippen LogP contribution in [0.1, 0.15) is 30.5 Å². The Morgan fingerprint density at radius 1 is 1.50 bits per heavy atom. The van der Waals surface area contributed by atoms with E-state index in [1.165, 1.54) is 13.2 Å². The van der Waals surface area contributed by atoms with Gasteiger partial charge < -0.3 is 24.9 Å². The summed E-state index contributed by atoms with van der Waals surface area (Å²) in [5.41, 5.74) is 1.39. The zero-order chi connectivity index (χ0) is 17.7. The summed E-state index contributed by atoms with van der Waals surface area (Å²) in [6.07, 6.45) is 2.47. The predicted octanol–water partition coefficient (Wildman–Crippen LogP) is 1.95. The number of pyridine rings is 1. The molecule has 0 aliphatic rings. The predicted molar refractivity (Wildman–Crippen MR) is 88.1 cm³/mol. The number of aromatic nitrogens is 2. The Kier molecular flexibility index (Phi) is 6.05. The zero-order valence-corrected chi connectivity index (χ0v) is 13.7. The zero-order valence-electron chi connectivity index (χ0n) is 13.7.